The van der Waals surface area contributed by atoms with Crippen LogP contribution in [0.1, 0.15) is 23.7 Å². The Hall–Kier alpha value is -2.89. The number of carbonyl (C=O) groups excluding carboxylic acids is 1. The lowest BCUT2D eigenvalue weighted by Crippen LogP contribution is -2.44. The fourth-order valence-corrected chi connectivity index (χ4v) is 4.76. The molecular formula is C24H20Cl2N2O3. The molecule has 3 aromatic rings. The summed E-state index contributed by atoms with van der Waals surface area (Å²) in [5.74, 6) is 0.682. The molecule has 1 aliphatic carbocycles. The first-order valence-electron chi connectivity index (χ1n) is 10.1. The number of H-pyrrole nitrogens is 1. The molecule has 5 rings (SSSR count). The van der Waals surface area contributed by atoms with Gasteiger partial charge in [0.2, 0.25) is 0 Å². The number of aromatic nitrogens is 1. The minimum Gasteiger partial charge on any atom is -0.508 e. The SMILES string of the molecule is O=C(Oc1ccc(Cl)cc1)N1CCc2c([nH]c3ccc(Cl)cc23)[C@@H]1C1C=CC(O)=CC1. The van der Waals surface area contributed by atoms with Crippen LogP contribution in [-0.4, -0.2) is 27.6 Å². The summed E-state index contributed by atoms with van der Waals surface area (Å²) in [5.41, 5.74) is 3.15. The zero-order chi connectivity index (χ0) is 21.5. The Labute approximate surface area is 189 Å². The number of ether oxygens (including phenoxy) is 1. The number of aliphatic hydroxyl groups excluding tert-OH is 1. The molecule has 2 atom stereocenters. The number of aliphatic hydroxyl groups is 1. The van der Waals surface area contributed by atoms with Crippen molar-refractivity contribution in [1.82, 2.24) is 9.88 Å². The normalized spacial score (nSPS) is 20.5. The summed E-state index contributed by atoms with van der Waals surface area (Å²) in [4.78, 5) is 18.5. The van der Waals surface area contributed by atoms with E-state index >= 15 is 0 Å². The highest BCUT2D eigenvalue weighted by molar-refractivity contribution is 6.31. The first-order chi connectivity index (χ1) is 15.0. The van der Waals surface area contributed by atoms with Gasteiger partial charge >= 0.3 is 6.09 Å². The molecule has 2 aliphatic rings. The van der Waals surface area contributed by atoms with Crippen molar-refractivity contribution < 1.29 is 14.6 Å². The van der Waals surface area contributed by atoms with Gasteiger partial charge in [-0.3, -0.25) is 4.90 Å². The summed E-state index contributed by atoms with van der Waals surface area (Å²) in [6, 6.07) is 12.3. The van der Waals surface area contributed by atoms with E-state index < -0.39 is 6.09 Å². The molecule has 0 spiro atoms. The highest BCUT2D eigenvalue weighted by atomic mass is 35.5. The summed E-state index contributed by atoms with van der Waals surface area (Å²) < 4.78 is 5.66. The molecule has 2 heterocycles. The molecule has 1 aliphatic heterocycles. The van der Waals surface area contributed by atoms with Crippen molar-refractivity contribution >= 4 is 40.2 Å². The molecule has 0 saturated carbocycles. The van der Waals surface area contributed by atoms with Crippen LogP contribution < -0.4 is 4.74 Å². The van der Waals surface area contributed by atoms with Crippen molar-refractivity contribution in [2.75, 3.05) is 6.54 Å². The van der Waals surface area contributed by atoms with E-state index in [1.807, 2.05) is 24.3 Å². The van der Waals surface area contributed by atoms with Crippen molar-refractivity contribution in [3.05, 3.63) is 87.8 Å². The second kappa shape index (κ2) is 7.98. The van der Waals surface area contributed by atoms with E-state index in [4.69, 9.17) is 27.9 Å². The molecule has 31 heavy (non-hydrogen) atoms. The number of hydrogen-bond acceptors (Lipinski definition) is 3. The van der Waals surface area contributed by atoms with Gasteiger partial charge in [-0.15, -0.1) is 0 Å². The van der Waals surface area contributed by atoms with Gasteiger partial charge in [-0.05, 0) is 73.0 Å². The summed E-state index contributed by atoms with van der Waals surface area (Å²) in [7, 11) is 0. The number of allylic oxidation sites excluding steroid dienone is 2. The number of aromatic amines is 1. The number of fused-ring (bicyclic) bond motifs is 3. The topological polar surface area (TPSA) is 65.6 Å². The maximum absolute atomic E-state index is 13.2. The van der Waals surface area contributed by atoms with Crippen molar-refractivity contribution in [3.8, 4) is 5.75 Å². The third-order valence-corrected chi connectivity index (χ3v) is 6.39. The van der Waals surface area contributed by atoms with E-state index in [9.17, 15) is 9.90 Å². The molecule has 1 aromatic heterocycles. The van der Waals surface area contributed by atoms with Gasteiger partial charge in [0.25, 0.3) is 0 Å². The molecule has 0 bridgehead atoms. The number of amides is 1. The van der Waals surface area contributed by atoms with Gasteiger partial charge < -0.3 is 14.8 Å². The number of halogens is 2. The fourth-order valence-electron chi connectivity index (χ4n) is 4.46. The Morgan fingerprint density at radius 2 is 1.90 bits per heavy atom. The van der Waals surface area contributed by atoms with E-state index in [2.05, 4.69) is 4.98 Å². The maximum Gasteiger partial charge on any atom is 0.415 e. The van der Waals surface area contributed by atoms with Crippen molar-refractivity contribution in [2.24, 2.45) is 5.92 Å². The van der Waals surface area contributed by atoms with Crippen molar-refractivity contribution in [2.45, 2.75) is 18.9 Å². The van der Waals surface area contributed by atoms with Crippen LogP contribution >= 0.6 is 23.2 Å². The number of rotatable bonds is 2. The van der Waals surface area contributed by atoms with Crippen LogP contribution in [0.25, 0.3) is 10.9 Å². The highest BCUT2D eigenvalue weighted by Crippen LogP contribution is 2.42. The Balaban J connectivity index is 1.53. The van der Waals surface area contributed by atoms with Crippen LogP contribution in [0.5, 0.6) is 5.75 Å². The molecule has 7 heteroatoms. The van der Waals surface area contributed by atoms with Crippen LogP contribution in [0.4, 0.5) is 4.79 Å². The zero-order valence-corrected chi connectivity index (χ0v) is 18.0. The second-order valence-corrected chi connectivity index (χ2v) is 8.68. The molecular weight excluding hydrogens is 435 g/mol. The zero-order valence-electron chi connectivity index (χ0n) is 16.5. The van der Waals surface area contributed by atoms with Gasteiger partial charge in [0.1, 0.15) is 11.5 Å². The average molecular weight is 455 g/mol. The van der Waals surface area contributed by atoms with Crippen molar-refractivity contribution in [3.63, 3.8) is 0 Å². The molecule has 5 nitrogen and oxygen atoms in total. The fraction of sp³-hybridized carbons (Fsp3) is 0.208. The maximum atomic E-state index is 13.2. The van der Waals surface area contributed by atoms with Gasteiger partial charge in [0, 0.05) is 39.1 Å². The van der Waals surface area contributed by atoms with Gasteiger partial charge in [-0.2, -0.15) is 0 Å². The van der Waals surface area contributed by atoms with Gasteiger partial charge in [-0.1, -0.05) is 29.3 Å². The van der Waals surface area contributed by atoms with Crippen LogP contribution in [0.3, 0.4) is 0 Å². The molecule has 158 valence electrons. The predicted molar refractivity (Wildman–Crippen MR) is 122 cm³/mol. The summed E-state index contributed by atoms with van der Waals surface area (Å²) in [6.45, 7) is 0.517. The van der Waals surface area contributed by atoms with Crippen LogP contribution in [0.2, 0.25) is 10.0 Å². The Kier molecular flexibility index (Phi) is 5.16. The Bertz CT molecular complexity index is 1210. The number of benzene rings is 2. The predicted octanol–water partition coefficient (Wildman–Crippen LogP) is 6.59. The van der Waals surface area contributed by atoms with E-state index in [0.717, 1.165) is 16.6 Å². The van der Waals surface area contributed by atoms with Crippen molar-refractivity contribution in [1.29, 1.82) is 0 Å². The quantitative estimate of drug-likeness (QED) is 0.458. The minimum absolute atomic E-state index is 0.00347. The first kappa shape index (κ1) is 20.0. The monoisotopic (exact) mass is 454 g/mol. The Morgan fingerprint density at radius 1 is 1.13 bits per heavy atom. The number of carbonyl (C=O) groups is 1. The van der Waals surface area contributed by atoms with Crippen LogP contribution in [0, 0.1) is 5.92 Å². The summed E-state index contributed by atoms with van der Waals surface area (Å²) in [5, 5.41) is 12.1. The van der Waals surface area contributed by atoms with E-state index in [0.29, 0.717) is 35.2 Å². The van der Waals surface area contributed by atoms with E-state index in [1.54, 1.807) is 41.3 Å². The van der Waals surface area contributed by atoms with Gasteiger partial charge in [0.05, 0.1) is 6.04 Å². The van der Waals surface area contributed by atoms with Gasteiger partial charge in [-0.25, -0.2) is 4.79 Å². The highest BCUT2D eigenvalue weighted by Gasteiger charge is 2.38. The molecule has 0 radical (unpaired) electrons. The third kappa shape index (κ3) is 3.80. The first-order valence-corrected chi connectivity index (χ1v) is 10.9. The second-order valence-electron chi connectivity index (χ2n) is 7.80. The molecule has 0 saturated heterocycles. The summed E-state index contributed by atoms with van der Waals surface area (Å²) >= 11 is 12.2. The largest absolute Gasteiger partial charge is 0.508 e. The minimum atomic E-state index is -0.415. The lowest BCUT2D eigenvalue weighted by atomic mass is 9.84. The third-order valence-electron chi connectivity index (χ3n) is 5.91. The number of hydrogen-bond donors (Lipinski definition) is 2. The summed E-state index contributed by atoms with van der Waals surface area (Å²) in [6.07, 6.45) is 6.32. The number of nitrogens with one attached hydrogen (secondary N) is 1. The molecule has 1 amide bonds. The lowest BCUT2D eigenvalue weighted by Gasteiger charge is -2.39. The van der Waals surface area contributed by atoms with Crippen LogP contribution in [0.15, 0.2) is 66.5 Å². The lowest BCUT2D eigenvalue weighted by molar-refractivity contribution is 0.111. The molecule has 0 fully saturated rings. The molecule has 1 unspecified atom stereocenters. The Morgan fingerprint density at radius 3 is 2.65 bits per heavy atom. The van der Waals surface area contributed by atoms with E-state index in [1.165, 1.54) is 5.56 Å². The average Bonchev–Trinajstić information content (AvgIpc) is 3.13. The molecule has 2 aromatic carbocycles. The van der Waals surface area contributed by atoms with Gasteiger partial charge in [0.15, 0.2) is 0 Å². The smallest absolute Gasteiger partial charge is 0.415 e. The van der Waals surface area contributed by atoms with E-state index in [-0.39, 0.29) is 17.7 Å². The van der Waals surface area contributed by atoms with Crippen LogP contribution in [-0.2, 0) is 6.42 Å². The molecule has 2 N–H and O–H groups in total. The standard InChI is InChI=1S/C24H20Cl2N2O3/c25-15-3-8-18(9-4-15)31-24(30)28-12-11-19-20-13-16(26)5-10-21(20)27-22(19)23(28)14-1-6-17(29)7-2-14/h1,3-10,13-14,23,27,29H,2,11-12H2/t14?,23-/m0/s1. The number of nitrogens with zero attached hydrogens (tertiary/aromatic N) is 1.